The van der Waals surface area contributed by atoms with Crippen LogP contribution in [0.2, 0.25) is 0 Å². The second kappa shape index (κ2) is 4.51. The summed E-state index contributed by atoms with van der Waals surface area (Å²) in [5.74, 6) is 0.362. The van der Waals surface area contributed by atoms with Crippen LogP contribution in [0.5, 0.6) is 0 Å². The SMILES string of the molecule is Cc1nc(C)c(N)c(S(=O)(=O)c2ccc(N)cc2)n1. The van der Waals surface area contributed by atoms with Crippen LogP contribution >= 0.6 is 0 Å². The normalized spacial score (nSPS) is 11.5. The number of aryl methyl sites for hydroxylation is 2. The second-order valence-electron chi connectivity index (χ2n) is 4.15. The maximum Gasteiger partial charge on any atom is 0.226 e. The Morgan fingerprint density at radius 1 is 1.00 bits per heavy atom. The number of anilines is 2. The zero-order valence-electron chi connectivity index (χ0n) is 10.6. The fourth-order valence-corrected chi connectivity index (χ4v) is 3.06. The molecule has 0 aliphatic heterocycles. The molecule has 0 amide bonds. The van der Waals surface area contributed by atoms with Crippen molar-refractivity contribution in [2.24, 2.45) is 0 Å². The first-order valence-electron chi connectivity index (χ1n) is 5.53. The lowest BCUT2D eigenvalue weighted by molar-refractivity contribution is 0.591. The molecule has 0 bridgehead atoms. The van der Waals surface area contributed by atoms with Crippen LogP contribution in [0.1, 0.15) is 11.5 Å². The minimum absolute atomic E-state index is 0.0717. The number of nitrogens with two attached hydrogens (primary N) is 2. The van der Waals surface area contributed by atoms with E-state index >= 15 is 0 Å². The summed E-state index contributed by atoms with van der Waals surface area (Å²) in [6.45, 7) is 3.26. The van der Waals surface area contributed by atoms with E-state index in [2.05, 4.69) is 9.97 Å². The Bertz CT molecular complexity index is 724. The summed E-state index contributed by atoms with van der Waals surface area (Å²) in [6.07, 6.45) is 0. The molecule has 100 valence electrons. The molecule has 0 atom stereocenters. The van der Waals surface area contributed by atoms with E-state index in [1.807, 2.05) is 0 Å². The van der Waals surface area contributed by atoms with E-state index < -0.39 is 9.84 Å². The molecule has 0 saturated carbocycles. The minimum Gasteiger partial charge on any atom is -0.399 e. The van der Waals surface area contributed by atoms with Crippen molar-refractivity contribution >= 4 is 21.2 Å². The molecule has 6 nitrogen and oxygen atoms in total. The van der Waals surface area contributed by atoms with Gasteiger partial charge in [0.05, 0.1) is 16.3 Å². The smallest absolute Gasteiger partial charge is 0.226 e. The molecule has 1 aromatic carbocycles. The summed E-state index contributed by atoms with van der Waals surface area (Å²) in [6, 6.07) is 5.89. The molecule has 4 N–H and O–H groups in total. The number of aromatic nitrogens is 2. The minimum atomic E-state index is -3.76. The van der Waals surface area contributed by atoms with Crippen LogP contribution in [0.4, 0.5) is 11.4 Å². The predicted octanol–water partition coefficient (Wildman–Crippen LogP) is 1.09. The van der Waals surface area contributed by atoms with Crippen molar-refractivity contribution in [2.45, 2.75) is 23.8 Å². The summed E-state index contributed by atoms with van der Waals surface area (Å²) in [5, 5.41) is -0.165. The Balaban J connectivity index is 2.66. The molecule has 2 aromatic rings. The quantitative estimate of drug-likeness (QED) is 0.628. The van der Waals surface area contributed by atoms with Gasteiger partial charge in [-0.2, -0.15) is 0 Å². The second-order valence-corrected chi connectivity index (χ2v) is 6.01. The van der Waals surface area contributed by atoms with Crippen molar-refractivity contribution in [3.05, 3.63) is 35.8 Å². The number of nitrogen functional groups attached to an aromatic ring is 2. The molecule has 0 aliphatic carbocycles. The fourth-order valence-electron chi connectivity index (χ4n) is 1.65. The molecule has 0 aliphatic rings. The summed E-state index contributed by atoms with van der Waals surface area (Å²) in [7, 11) is -3.76. The van der Waals surface area contributed by atoms with Gasteiger partial charge in [0.1, 0.15) is 5.82 Å². The van der Waals surface area contributed by atoms with Gasteiger partial charge in [0.2, 0.25) is 9.84 Å². The zero-order valence-corrected chi connectivity index (χ0v) is 11.4. The molecule has 1 aromatic heterocycles. The van der Waals surface area contributed by atoms with Gasteiger partial charge in [-0.05, 0) is 38.1 Å². The highest BCUT2D eigenvalue weighted by molar-refractivity contribution is 7.91. The predicted molar refractivity (Wildman–Crippen MR) is 72.2 cm³/mol. The molecule has 0 fully saturated rings. The number of rotatable bonds is 2. The van der Waals surface area contributed by atoms with Gasteiger partial charge in [-0.15, -0.1) is 0 Å². The summed E-state index contributed by atoms with van der Waals surface area (Å²) in [5.41, 5.74) is 12.3. The van der Waals surface area contributed by atoms with Crippen LogP contribution in [-0.2, 0) is 9.84 Å². The van der Waals surface area contributed by atoms with Gasteiger partial charge in [0.15, 0.2) is 5.03 Å². The summed E-state index contributed by atoms with van der Waals surface area (Å²) >= 11 is 0. The van der Waals surface area contributed by atoms with E-state index in [0.717, 1.165) is 0 Å². The summed E-state index contributed by atoms with van der Waals surface area (Å²) in [4.78, 5) is 8.09. The lowest BCUT2D eigenvalue weighted by atomic mass is 10.3. The highest BCUT2D eigenvalue weighted by Crippen LogP contribution is 2.26. The van der Waals surface area contributed by atoms with Crippen molar-refractivity contribution < 1.29 is 8.42 Å². The molecular formula is C12H14N4O2S. The third-order valence-electron chi connectivity index (χ3n) is 2.66. The average molecular weight is 278 g/mol. The monoisotopic (exact) mass is 278 g/mol. The molecule has 0 spiro atoms. The van der Waals surface area contributed by atoms with Gasteiger partial charge in [-0.1, -0.05) is 0 Å². The van der Waals surface area contributed by atoms with Gasteiger partial charge >= 0.3 is 0 Å². The van der Waals surface area contributed by atoms with Gasteiger partial charge in [0, 0.05) is 5.69 Å². The Kier molecular flexibility index (Phi) is 3.15. The van der Waals surface area contributed by atoms with Gasteiger partial charge in [-0.3, -0.25) is 0 Å². The molecule has 19 heavy (non-hydrogen) atoms. The molecule has 0 saturated heterocycles. The van der Waals surface area contributed by atoms with E-state index in [9.17, 15) is 8.42 Å². The number of hydrogen-bond donors (Lipinski definition) is 2. The number of nitrogens with zero attached hydrogens (tertiary/aromatic N) is 2. The summed E-state index contributed by atoms with van der Waals surface area (Å²) < 4.78 is 24.9. The molecule has 1 heterocycles. The van der Waals surface area contributed by atoms with E-state index in [1.54, 1.807) is 13.8 Å². The highest BCUT2D eigenvalue weighted by atomic mass is 32.2. The van der Waals surface area contributed by atoms with Crippen LogP contribution in [-0.4, -0.2) is 18.4 Å². The van der Waals surface area contributed by atoms with Gasteiger partial charge in [0.25, 0.3) is 0 Å². The largest absolute Gasteiger partial charge is 0.399 e. The topological polar surface area (TPSA) is 112 Å². The molecule has 0 unspecified atom stereocenters. The maximum absolute atomic E-state index is 12.5. The molecule has 7 heteroatoms. The van der Waals surface area contributed by atoms with Crippen molar-refractivity contribution in [1.82, 2.24) is 9.97 Å². The Labute approximate surface area is 111 Å². The lowest BCUT2D eigenvalue weighted by Gasteiger charge is -2.09. The number of sulfone groups is 1. The fraction of sp³-hybridized carbons (Fsp3) is 0.167. The highest BCUT2D eigenvalue weighted by Gasteiger charge is 2.24. The van der Waals surface area contributed by atoms with Crippen molar-refractivity contribution in [2.75, 3.05) is 11.5 Å². The standard InChI is InChI=1S/C12H14N4O2S/c1-7-11(14)12(16-8(2)15-7)19(17,18)10-5-3-9(13)4-6-10/h3-6H,13-14H2,1-2H3. The van der Waals surface area contributed by atoms with Crippen LogP contribution in [0.15, 0.2) is 34.2 Å². The Hall–Kier alpha value is -2.15. The number of hydrogen-bond acceptors (Lipinski definition) is 6. The van der Waals surface area contributed by atoms with Crippen molar-refractivity contribution in [1.29, 1.82) is 0 Å². The molecule has 0 radical (unpaired) electrons. The van der Waals surface area contributed by atoms with Crippen LogP contribution in [0.3, 0.4) is 0 Å². The van der Waals surface area contributed by atoms with Crippen LogP contribution in [0.25, 0.3) is 0 Å². The van der Waals surface area contributed by atoms with E-state index in [-0.39, 0.29) is 15.6 Å². The van der Waals surface area contributed by atoms with Crippen molar-refractivity contribution in [3.8, 4) is 0 Å². The molecular weight excluding hydrogens is 264 g/mol. The van der Waals surface area contributed by atoms with Gasteiger partial charge in [-0.25, -0.2) is 18.4 Å². The maximum atomic E-state index is 12.5. The van der Waals surface area contributed by atoms with E-state index in [1.165, 1.54) is 24.3 Å². The zero-order chi connectivity index (χ0) is 14.2. The average Bonchev–Trinajstić information content (AvgIpc) is 2.34. The Morgan fingerprint density at radius 2 is 1.58 bits per heavy atom. The van der Waals surface area contributed by atoms with E-state index in [4.69, 9.17) is 11.5 Å². The first-order valence-corrected chi connectivity index (χ1v) is 7.02. The van der Waals surface area contributed by atoms with Crippen LogP contribution < -0.4 is 11.5 Å². The molecule has 2 rings (SSSR count). The lowest BCUT2D eigenvalue weighted by Crippen LogP contribution is -2.12. The van der Waals surface area contributed by atoms with E-state index in [0.29, 0.717) is 17.2 Å². The third-order valence-corrected chi connectivity index (χ3v) is 4.37. The van der Waals surface area contributed by atoms with Crippen LogP contribution in [0, 0.1) is 13.8 Å². The first kappa shape index (κ1) is 13.3. The number of benzene rings is 1. The third kappa shape index (κ3) is 2.37. The van der Waals surface area contributed by atoms with Gasteiger partial charge < -0.3 is 11.5 Å². The van der Waals surface area contributed by atoms with Crippen molar-refractivity contribution in [3.63, 3.8) is 0 Å². The Morgan fingerprint density at radius 3 is 2.16 bits per heavy atom. The first-order chi connectivity index (χ1) is 8.82.